The Kier molecular flexibility index (Phi) is 4.82. The van der Waals surface area contributed by atoms with Crippen LogP contribution in [0.5, 0.6) is 5.75 Å². The van der Waals surface area contributed by atoms with Gasteiger partial charge in [0, 0.05) is 17.3 Å². The third kappa shape index (κ3) is 3.09. The molecule has 1 heterocycles. The molecule has 0 aliphatic carbocycles. The van der Waals surface area contributed by atoms with E-state index in [1.165, 1.54) is 0 Å². The topological polar surface area (TPSA) is 50.4 Å². The van der Waals surface area contributed by atoms with Crippen LogP contribution >= 0.6 is 15.9 Å². The van der Waals surface area contributed by atoms with Crippen LogP contribution in [0.1, 0.15) is 38.3 Å². The first-order chi connectivity index (χ1) is 9.17. The highest BCUT2D eigenvalue weighted by Crippen LogP contribution is 2.38. The number of benzene rings is 1. The lowest BCUT2D eigenvalue weighted by molar-refractivity contribution is -0.117. The quantitative estimate of drug-likeness (QED) is 0.843. The first-order valence-electron chi connectivity index (χ1n) is 6.67. The average Bonchev–Trinajstić information content (AvgIpc) is 2.69. The largest absolute Gasteiger partial charge is 0.492 e. The highest BCUT2D eigenvalue weighted by atomic mass is 79.9. The molecule has 1 aliphatic heterocycles. The third-order valence-electron chi connectivity index (χ3n) is 3.00. The Labute approximate surface area is 122 Å². The van der Waals surface area contributed by atoms with Gasteiger partial charge in [0.15, 0.2) is 0 Å². The van der Waals surface area contributed by atoms with Crippen LogP contribution in [0.25, 0.3) is 0 Å². The molecular formula is C14H19BrN2O2. The molecule has 1 unspecified atom stereocenters. The number of anilines is 1. The molecule has 1 aromatic carbocycles. The molecule has 5 heteroatoms. The number of rotatable bonds is 6. The van der Waals surface area contributed by atoms with Crippen molar-refractivity contribution in [3.05, 3.63) is 22.2 Å². The summed E-state index contributed by atoms with van der Waals surface area (Å²) in [6.45, 7) is 5.64. The van der Waals surface area contributed by atoms with Crippen LogP contribution < -0.4 is 15.4 Å². The number of halogens is 1. The first-order valence-corrected chi connectivity index (χ1v) is 7.47. The van der Waals surface area contributed by atoms with Crippen molar-refractivity contribution in [3.63, 3.8) is 0 Å². The minimum Gasteiger partial charge on any atom is -0.492 e. The molecule has 0 spiro atoms. The van der Waals surface area contributed by atoms with Crippen LogP contribution in [-0.2, 0) is 4.79 Å². The molecule has 0 radical (unpaired) electrons. The maximum atomic E-state index is 11.9. The number of hydrogen-bond donors (Lipinski definition) is 2. The molecule has 2 rings (SSSR count). The normalized spacial score (nSPS) is 17.2. The smallest absolute Gasteiger partial charge is 0.246 e. The number of hydrogen-bond acceptors (Lipinski definition) is 3. The molecule has 0 bridgehead atoms. The molecule has 19 heavy (non-hydrogen) atoms. The van der Waals surface area contributed by atoms with E-state index in [4.69, 9.17) is 4.74 Å². The summed E-state index contributed by atoms with van der Waals surface area (Å²) in [6.07, 6.45) is 1.95. The van der Waals surface area contributed by atoms with Crippen LogP contribution in [0.3, 0.4) is 0 Å². The number of carbonyl (C=O) groups excluding carboxylic acids is 1. The Balaban J connectivity index is 2.23. The molecule has 1 atom stereocenters. The summed E-state index contributed by atoms with van der Waals surface area (Å²) in [4.78, 5) is 11.9. The second kappa shape index (κ2) is 6.39. The predicted octanol–water partition coefficient (Wildman–Crippen LogP) is 3.23. The predicted molar refractivity (Wildman–Crippen MR) is 79.6 cm³/mol. The van der Waals surface area contributed by atoms with Gasteiger partial charge in [0.1, 0.15) is 11.8 Å². The van der Waals surface area contributed by atoms with Gasteiger partial charge in [0.05, 0.1) is 11.1 Å². The molecule has 1 amide bonds. The van der Waals surface area contributed by atoms with E-state index in [1.807, 2.05) is 12.1 Å². The first kappa shape index (κ1) is 14.3. The number of ether oxygens (including phenoxy) is 1. The zero-order valence-corrected chi connectivity index (χ0v) is 12.8. The van der Waals surface area contributed by atoms with E-state index in [0.29, 0.717) is 6.61 Å². The van der Waals surface area contributed by atoms with Gasteiger partial charge in [0.25, 0.3) is 0 Å². The van der Waals surface area contributed by atoms with Gasteiger partial charge in [-0.05, 0) is 41.4 Å². The van der Waals surface area contributed by atoms with E-state index in [9.17, 15) is 4.79 Å². The van der Waals surface area contributed by atoms with Gasteiger partial charge in [-0.2, -0.15) is 0 Å². The van der Waals surface area contributed by atoms with Crippen LogP contribution in [0.2, 0.25) is 0 Å². The van der Waals surface area contributed by atoms with Crippen molar-refractivity contribution in [1.82, 2.24) is 5.32 Å². The number of nitrogens with one attached hydrogen (secondary N) is 2. The van der Waals surface area contributed by atoms with Crippen LogP contribution in [0.15, 0.2) is 16.6 Å². The summed E-state index contributed by atoms with van der Waals surface area (Å²) >= 11 is 3.50. The molecule has 0 aromatic heterocycles. The van der Waals surface area contributed by atoms with E-state index in [2.05, 4.69) is 40.4 Å². The third-order valence-corrected chi connectivity index (χ3v) is 3.61. The molecule has 0 saturated heterocycles. The second-order valence-corrected chi connectivity index (χ2v) is 5.45. The maximum absolute atomic E-state index is 11.9. The number of carbonyl (C=O) groups is 1. The van der Waals surface area contributed by atoms with E-state index in [-0.39, 0.29) is 11.9 Å². The Morgan fingerprint density at radius 1 is 1.37 bits per heavy atom. The van der Waals surface area contributed by atoms with Crippen molar-refractivity contribution in [2.75, 3.05) is 18.5 Å². The second-order valence-electron chi connectivity index (χ2n) is 4.59. The Morgan fingerprint density at radius 3 is 2.84 bits per heavy atom. The van der Waals surface area contributed by atoms with E-state index < -0.39 is 0 Å². The summed E-state index contributed by atoms with van der Waals surface area (Å²) in [5, 5.41) is 6.15. The SMILES string of the molecule is CCCNC1C(=O)Nc2cc(OCCC)c(Br)cc21. The van der Waals surface area contributed by atoms with Gasteiger partial charge in [-0.15, -0.1) is 0 Å². The highest BCUT2D eigenvalue weighted by Gasteiger charge is 2.31. The van der Waals surface area contributed by atoms with Crippen molar-refractivity contribution in [2.24, 2.45) is 0 Å². The van der Waals surface area contributed by atoms with E-state index >= 15 is 0 Å². The lowest BCUT2D eigenvalue weighted by Gasteiger charge is -2.12. The van der Waals surface area contributed by atoms with Gasteiger partial charge in [-0.25, -0.2) is 0 Å². The van der Waals surface area contributed by atoms with Gasteiger partial charge < -0.3 is 15.4 Å². The lowest BCUT2D eigenvalue weighted by atomic mass is 10.1. The fraction of sp³-hybridized carbons (Fsp3) is 0.500. The van der Waals surface area contributed by atoms with Gasteiger partial charge in [-0.1, -0.05) is 13.8 Å². The highest BCUT2D eigenvalue weighted by molar-refractivity contribution is 9.10. The van der Waals surface area contributed by atoms with Crippen molar-refractivity contribution in [2.45, 2.75) is 32.7 Å². The van der Waals surface area contributed by atoms with Gasteiger partial charge in [-0.3, -0.25) is 4.79 Å². The zero-order valence-electron chi connectivity index (χ0n) is 11.3. The monoisotopic (exact) mass is 326 g/mol. The minimum atomic E-state index is -0.258. The summed E-state index contributed by atoms with van der Waals surface area (Å²) in [6, 6.07) is 3.60. The van der Waals surface area contributed by atoms with Gasteiger partial charge in [0.2, 0.25) is 5.91 Å². The van der Waals surface area contributed by atoms with E-state index in [0.717, 1.165) is 40.9 Å². The van der Waals surface area contributed by atoms with Crippen LogP contribution in [0.4, 0.5) is 5.69 Å². The fourth-order valence-corrected chi connectivity index (χ4v) is 2.55. The van der Waals surface area contributed by atoms with Crippen LogP contribution in [-0.4, -0.2) is 19.1 Å². The molecule has 0 fully saturated rings. The summed E-state index contributed by atoms with van der Waals surface area (Å²) < 4.78 is 6.53. The van der Waals surface area contributed by atoms with Crippen molar-refractivity contribution < 1.29 is 9.53 Å². The fourth-order valence-electron chi connectivity index (χ4n) is 2.08. The average molecular weight is 327 g/mol. The van der Waals surface area contributed by atoms with Crippen molar-refractivity contribution >= 4 is 27.5 Å². The maximum Gasteiger partial charge on any atom is 0.246 e. The zero-order chi connectivity index (χ0) is 13.8. The standard InChI is InChI=1S/C14H19BrN2O2/c1-3-5-16-13-9-7-10(15)12(19-6-4-2)8-11(9)17-14(13)18/h7-8,13,16H,3-6H2,1-2H3,(H,17,18). The number of amides is 1. The molecule has 4 nitrogen and oxygen atoms in total. The van der Waals surface area contributed by atoms with Crippen molar-refractivity contribution in [1.29, 1.82) is 0 Å². The molecule has 1 aromatic rings. The number of fused-ring (bicyclic) bond motifs is 1. The van der Waals surface area contributed by atoms with Crippen LogP contribution in [0, 0.1) is 0 Å². The molecule has 0 saturated carbocycles. The minimum absolute atomic E-state index is 0.00277. The molecule has 2 N–H and O–H groups in total. The summed E-state index contributed by atoms with van der Waals surface area (Å²) in [5.74, 6) is 0.778. The Bertz CT molecular complexity index is 477. The summed E-state index contributed by atoms with van der Waals surface area (Å²) in [7, 11) is 0. The molecular weight excluding hydrogens is 308 g/mol. The summed E-state index contributed by atoms with van der Waals surface area (Å²) in [5.41, 5.74) is 1.82. The van der Waals surface area contributed by atoms with Crippen molar-refractivity contribution in [3.8, 4) is 5.75 Å². The Hall–Kier alpha value is -1.07. The molecule has 1 aliphatic rings. The lowest BCUT2D eigenvalue weighted by Crippen LogP contribution is -2.28. The van der Waals surface area contributed by atoms with E-state index in [1.54, 1.807) is 0 Å². The molecule has 104 valence electrons. The Morgan fingerprint density at radius 2 is 2.16 bits per heavy atom. The van der Waals surface area contributed by atoms with Gasteiger partial charge >= 0.3 is 0 Å².